The van der Waals surface area contributed by atoms with Crippen LogP contribution in [-0.2, 0) is 4.74 Å². The summed E-state index contributed by atoms with van der Waals surface area (Å²) in [6, 6.07) is 17.5. The minimum absolute atomic E-state index is 0.548. The molecule has 7 nitrogen and oxygen atoms in total. The van der Waals surface area contributed by atoms with Gasteiger partial charge in [0, 0.05) is 38.0 Å². The fourth-order valence-corrected chi connectivity index (χ4v) is 2.81. The van der Waals surface area contributed by atoms with Gasteiger partial charge < -0.3 is 24.8 Å². The maximum atomic E-state index is 5.46. The molecule has 0 unspecified atom stereocenters. The van der Waals surface area contributed by atoms with Crippen molar-refractivity contribution in [2.24, 2.45) is 0 Å². The van der Waals surface area contributed by atoms with E-state index in [0.29, 0.717) is 30.7 Å². The Hall–Kier alpha value is -3.32. The fourth-order valence-electron chi connectivity index (χ4n) is 2.81. The number of nitrogens with zero attached hydrogens (tertiary/aromatic N) is 2. The monoisotopic (exact) mass is 394 g/mol. The first kappa shape index (κ1) is 20.4. The molecule has 0 saturated carbocycles. The van der Waals surface area contributed by atoms with Gasteiger partial charge in [0.05, 0.1) is 25.6 Å². The summed E-state index contributed by atoms with van der Waals surface area (Å²) in [5, 5.41) is 6.60. The number of benzene rings is 2. The maximum Gasteiger partial charge on any atom is 0.225 e. The van der Waals surface area contributed by atoms with Crippen LogP contribution in [0.25, 0.3) is 11.3 Å². The summed E-state index contributed by atoms with van der Waals surface area (Å²) < 4.78 is 15.9. The third-order valence-electron chi connectivity index (χ3n) is 4.27. The highest BCUT2D eigenvalue weighted by Gasteiger charge is 2.10. The quantitative estimate of drug-likeness (QED) is 0.495. The molecule has 152 valence electrons. The maximum absolute atomic E-state index is 5.46. The van der Waals surface area contributed by atoms with Crippen LogP contribution in [0.15, 0.2) is 54.6 Å². The summed E-state index contributed by atoms with van der Waals surface area (Å²) in [5.74, 6) is 2.62. The Morgan fingerprint density at radius 1 is 0.897 bits per heavy atom. The lowest BCUT2D eigenvalue weighted by atomic mass is 10.1. The molecule has 7 heteroatoms. The second-order valence-corrected chi connectivity index (χ2v) is 6.29. The molecule has 3 aromatic rings. The molecular formula is C22H26N4O3. The topological polar surface area (TPSA) is 77.5 Å². The Balaban J connectivity index is 1.92. The molecule has 3 rings (SSSR count). The van der Waals surface area contributed by atoms with Crippen molar-refractivity contribution in [3.63, 3.8) is 0 Å². The van der Waals surface area contributed by atoms with E-state index in [0.717, 1.165) is 29.1 Å². The van der Waals surface area contributed by atoms with Crippen LogP contribution in [0.4, 0.5) is 17.5 Å². The summed E-state index contributed by atoms with van der Waals surface area (Å²) in [6.45, 7) is 1.39. The van der Waals surface area contributed by atoms with Crippen LogP contribution in [0.5, 0.6) is 11.5 Å². The van der Waals surface area contributed by atoms with E-state index in [1.165, 1.54) is 0 Å². The van der Waals surface area contributed by atoms with Gasteiger partial charge in [-0.25, -0.2) is 4.98 Å². The molecule has 29 heavy (non-hydrogen) atoms. The number of nitrogens with one attached hydrogen (secondary N) is 2. The highest BCUT2D eigenvalue weighted by molar-refractivity contribution is 5.71. The molecule has 0 aliphatic rings. The number of rotatable bonds is 10. The van der Waals surface area contributed by atoms with Crippen LogP contribution in [0.1, 0.15) is 6.42 Å². The normalized spacial score (nSPS) is 10.4. The minimum atomic E-state index is 0.548. The van der Waals surface area contributed by atoms with Gasteiger partial charge in [0.2, 0.25) is 5.95 Å². The Morgan fingerprint density at radius 2 is 1.72 bits per heavy atom. The van der Waals surface area contributed by atoms with Crippen molar-refractivity contribution >= 4 is 17.5 Å². The molecule has 0 radical (unpaired) electrons. The molecule has 0 bridgehead atoms. The molecule has 2 aromatic carbocycles. The van der Waals surface area contributed by atoms with E-state index >= 15 is 0 Å². The van der Waals surface area contributed by atoms with Gasteiger partial charge in [-0.2, -0.15) is 4.98 Å². The summed E-state index contributed by atoms with van der Waals surface area (Å²) in [4.78, 5) is 9.27. The van der Waals surface area contributed by atoms with E-state index in [4.69, 9.17) is 14.2 Å². The standard InChI is InChI=1S/C22H26N4O3/c1-27-13-7-12-23-22-25-18(16-8-5-4-6-9-16)15-21(26-22)24-19-14-17(28-2)10-11-20(19)29-3/h4-6,8-11,14-15H,7,12-13H2,1-3H3,(H2,23,24,25,26). The van der Waals surface area contributed by atoms with Crippen molar-refractivity contribution in [1.29, 1.82) is 0 Å². The van der Waals surface area contributed by atoms with E-state index in [9.17, 15) is 0 Å². The average molecular weight is 394 g/mol. The third kappa shape index (κ3) is 5.58. The van der Waals surface area contributed by atoms with E-state index in [2.05, 4.69) is 20.6 Å². The molecule has 0 atom stereocenters. The highest BCUT2D eigenvalue weighted by atomic mass is 16.5. The second-order valence-electron chi connectivity index (χ2n) is 6.29. The zero-order chi connectivity index (χ0) is 20.5. The fraction of sp³-hybridized carbons (Fsp3) is 0.273. The van der Waals surface area contributed by atoms with Gasteiger partial charge in [-0.3, -0.25) is 0 Å². The summed E-state index contributed by atoms with van der Waals surface area (Å²) in [7, 11) is 4.95. The van der Waals surface area contributed by atoms with Gasteiger partial charge in [-0.05, 0) is 18.6 Å². The van der Waals surface area contributed by atoms with Crippen LogP contribution in [-0.4, -0.2) is 44.4 Å². The Kier molecular flexibility index (Phi) is 7.24. The number of hydrogen-bond acceptors (Lipinski definition) is 7. The SMILES string of the molecule is COCCCNc1nc(Nc2cc(OC)ccc2OC)cc(-c2ccccc2)n1. The second kappa shape index (κ2) is 10.3. The molecule has 0 saturated heterocycles. The number of hydrogen-bond donors (Lipinski definition) is 2. The van der Waals surface area contributed by atoms with Crippen molar-refractivity contribution in [2.75, 3.05) is 45.1 Å². The number of aromatic nitrogens is 2. The summed E-state index contributed by atoms with van der Waals surface area (Å²) in [6.07, 6.45) is 0.863. The van der Waals surface area contributed by atoms with Crippen molar-refractivity contribution in [3.05, 3.63) is 54.6 Å². The first-order valence-corrected chi connectivity index (χ1v) is 9.40. The van der Waals surface area contributed by atoms with Gasteiger partial charge >= 0.3 is 0 Å². The number of methoxy groups -OCH3 is 3. The molecule has 0 aliphatic heterocycles. The number of anilines is 3. The highest BCUT2D eigenvalue weighted by Crippen LogP contribution is 2.32. The molecule has 0 spiro atoms. The first-order chi connectivity index (χ1) is 14.2. The first-order valence-electron chi connectivity index (χ1n) is 9.40. The van der Waals surface area contributed by atoms with Crippen LogP contribution in [0.2, 0.25) is 0 Å². The molecule has 2 N–H and O–H groups in total. The van der Waals surface area contributed by atoms with E-state index in [-0.39, 0.29) is 0 Å². The van der Waals surface area contributed by atoms with Crippen LogP contribution in [0, 0.1) is 0 Å². The molecular weight excluding hydrogens is 368 g/mol. The summed E-state index contributed by atoms with van der Waals surface area (Å²) >= 11 is 0. The van der Waals surface area contributed by atoms with Gasteiger partial charge in [-0.15, -0.1) is 0 Å². The molecule has 0 fully saturated rings. The van der Waals surface area contributed by atoms with E-state index in [1.807, 2.05) is 54.6 Å². The Morgan fingerprint density at radius 3 is 2.45 bits per heavy atom. The Bertz CT molecular complexity index is 919. The molecule has 1 heterocycles. The van der Waals surface area contributed by atoms with E-state index < -0.39 is 0 Å². The minimum Gasteiger partial charge on any atom is -0.497 e. The van der Waals surface area contributed by atoms with Crippen LogP contribution < -0.4 is 20.1 Å². The molecule has 0 amide bonds. The zero-order valence-corrected chi connectivity index (χ0v) is 16.9. The van der Waals surface area contributed by atoms with Crippen LogP contribution in [0.3, 0.4) is 0 Å². The van der Waals surface area contributed by atoms with E-state index in [1.54, 1.807) is 21.3 Å². The van der Waals surface area contributed by atoms with Crippen molar-refractivity contribution < 1.29 is 14.2 Å². The van der Waals surface area contributed by atoms with Crippen molar-refractivity contribution in [2.45, 2.75) is 6.42 Å². The van der Waals surface area contributed by atoms with Gasteiger partial charge in [0.15, 0.2) is 0 Å². The number of ether oxygens (including phenoxy) is 3. The van der Waals surface area contributed by atoms with Crippen LogP contribution >= 0.6 is 0 Å². The zero-order valence-electron chi connectivity index (χ0n) is 16.9. The predicted octanol–water partition coefficient (Wildman–Crippen LogP) is 4.35. The Labute approximate surface area is 171 Å². The lowest BCUT2D eigenvalue weighted by molar-refractivity contribution is 0.197. The van der Waals surface area contributed by atoms with Crippen molar-refractivity contribution in [1.82, 2.24) is 9.97 Å². The smallest absolute Gasteiger partial charge is 0.225 e. The summed E-state index contributed by atoms with van der Waals surface area (Å²) in [5.41, 5.74) is 2.59. The van der Waals surface area contributed by atoms with Gasteiger partial charge in [-0.1, -0.05) is 30.3 Å². The van der Waals surface area contributed by atoms with Gasteiger partial charge in [0.25, 0.3) is 0 Å². The lowest BCUT2D eigenvalue weighted by Crippen LogP contribution is -2.09. The predicted molar refractivity (Wildman–Crippen MR) is 115 cm³/mol. The largest absolute Gasteiger partial charge is 0.497 e. The molecule has 1 aromatic heterocycles. The van der Waals surface area contributed by atoms with Gasteiger partial charge in [0.1, 0.15) is 17.3 Å². The third-order valence-corrected chi connectivity index (χ3v) is 4.27. The molecule has 0 aliphatic carbocycles. The average Bonchev–Trinajstić information content (AvgIpc) is 2.77. The van der Waals surface area contributed by atoms with Crippen molar-refractivity contribution in [3.8, 4) is 22.8 Å². The lowest BCUT2D eigenvalue weighted by Gasteiger charge is -2.14.